The summed E-state index contributed by atoms with van der Waals surface area (Å²) in [4.78, 5) is 6.59. The van der Waals surface area contributed by atoms with Crippen molar-refractivity contribution in [2.45, 2.75) is 19.4 Å². The number of nitrogens with zero attached hydrogens (tertiary/aromatic N) is 4. The van der Waals surface area contributed by atoms with E-state index in [1.54, 1.807) is 18.3 Å². The molecule has 0 amide bonds. The molecule has 0 unspecified atom stereocenters. The van der Waals surface area contributed by atoms with E-state index in [1.807, 2.05) is 0 Å². The van der Waals surface area contributed by atoms with Crippen molar-refractivity contribution in [2.24, 2.45) is 0 Å². The standard InChI is InChI=1S/C14H16FN5/c15-12-5-3-11(4-6-12)9-16-13-10-17-19-14(18-13)20-7-1-2-8-20/h3-6,10H,1-2,7-9H2,(H,16,18,19). The van der Waals surface area contributed by atoms with E-state index in [0.29, 0.717) is 18.3 Å². The molecular formula is C14H16FN5. The van der Waals surface area contributed by atoms with Gasteiger partial charge in [-0.05, 0) is 30.5 Å². The molecule has 2 aromatic rings. The number of aromatic nitrogens is 3. The molecule has 2 heterocycles. The Morgan fingerprint density at radius 3 is 2.65 bits per heavy atom. The molecular weight excluding hydrogens is 257 g/mol. The summed E-state index contributed by atoms with van der Waals surface area (Å²) in [6.07, 6.45) is 3.95. The first kappa shape index (κ1) is 12.8. The third-order valence-electron chi connectivity index (χ3n) is 3.32. The number of rotatable bonds is 4. The van der Waals surface area contributed by atoms with Gasteiger partial charge in [-0.15, -0.1) is 5.10 Å². The van der Waals surface area contributed by atoms with Crippen molar-refractivity contribution < 1.29 is 4.39 Å². The average Bonchev–Trinajstić information content (AvgIpc) is 3.01. The highest BCUT2D eigenvalue weighted by Gasteiger charge is 2.15. The van der Waals surface area contributed by atoms with Crippen molar-refractivity contribution >= 4 is 11.8 Å². The van der Waals surface area contributed by atoms with Gasteiger partial charge in [-0.1, -0.05) is 12.1 Å². The van der Waals surface area contributed by atoms with E-state index in [1.165, 1.54) is 25.0 Å². The Morgan fingerprint density at radius 1 is 1.15 bits per heavy atom. The summed E-state index contributed by atoms with van der Waals surface area (Å²) in [5, 5.41) is 11.2. The van der Waals surface area contributed by atoms with Gasteiger partial charge in [0.25, 0.3) is 0 Å². The number of benzene rings is 1. The van der Waals surface area contributed by atoms with Crippen LogP contribution >= 0.6 is 0 Å². The van der Waals surface area contributed by atoms with Crippen LogP contribution < -0.4 is 10.2 Å². The highest BCUT2D eigenvalue weighted by molar-refractivity contribution is 5.40. The monoisotopic (exact) mass is 273 g/mol. The highest BCUT2D eigenvalue weighted by Crippen LogP contribution is 2.16. The summed E-state index contributed by atoms with van der Waals surface area (Å²) in [6, 6.07) is 6.40. The van der Waals surface area contributed by atoms with Gasteiger partial charge in [0, 0.05) is 19.6 Å². The van der Waals surface area contributed by atoms with Crippen molar-refractivity contribution in [1.82, 2.24) is 15.2 Å². The Balaban J connectivity index is 1.65. The van der Waals surface area contributed by atoms with Crippen LogP contribution in [0.4, 0.5) is 16.2 Å². The van der Waals surface area contributed by atoms with Crippen LogP contribution in [-0.4, -0.2) is 28.3 Å². The minimum absolute atomic E-state index is 0.228. The Kier molecular flexibility index (Phi) is 3.71. The maximum Gasteiger partial charge on any atom is 0.247 e. The summed E-state index contributed by atoms with van der Waals surface area (Å²) in [5.41, 5.74) is 0.993. The Morgan fingerprint density at radius 2 is 1.90 bits per heavy atom. The van der Waals surface area contributed by atoms with Crippen molar-refractivity contribution in [2.75, 3.05) is 23.3 Å². The van der Waals surface area contributed by atoms with Gasteiger partial charge in [-0.25, -0.2) is 4.39 Å². The predicted octanol–water partition coefficient (Wildman–Crippen LogP) is 2.22. The van der Waals surface area contributed by atoms with Gasteiger partial charge in [0.1, 0.15) is 5.82 Å². The smallest absolute Gasteiger partial charge is 0.247 e. The fraction of sp³-hybridized carbons (Fsp3) is 0.357. The molecule has 1 aromatic heterocycles. The molecule has 0 atom stereocenters. The summed E-state index contributed by atoms with van der Waals surface area (Å²) >= 11 is 0. The van der Waals surface area contributed by atoms with Gasteiger partial charge >= 0.3 is 0 Å². The van der Waals surface area contributed by atoms with E-state index in [0.717, 1.165) is 18.7 Å². The number of halogens is 1. The first-order valence-electron chi connectivity index (χ1n) is 6.74. The van der Waals surface area contributed by atoms with Crippen LogP contribution in [0, 0.1) is 5.82 Å². The van der Waals surface area contributed by atoms with Crippen molar-refractivity contribution in [1.29, 1.82) is 0 Å². The molecule has 104 valence electrons. The summed E-state index contributed by atoms with van der Waals surface area (Å²) < 4.78 is 12.8. The maximum absolute atomic E-state index is 12.8. The normalized spacial score (nSPS) is 14.6. The van der Waals surface area contributed by atoms with Gasteiger partial charge < -0.3 is 10.2 Å². The molecule has 1 aromatic carbocycles. The van der Waals surface area contributed by atoms with Crippen LogP contribution in [0.15, 0.2) is 30.5 Å². The predicted molar refractivity (Wildman–Crippen MR) is 75.0 cm³/mol. The Bertz CT molecular complexity index is 566. The lowest BCUT2D eigenvalue weighted by molar-refractivity contribution is 0.627. The van der Waals surface area contributed by atoms with Crippen LogP contribution in [0.25, 0.3) is 0 Å². The van der Waals surface area contributed by atoms with Gasteiger partial charge in [-0.3, -0.25) is 0 Å². The average molecular weight is 273 g/mol. The number of nitrogens with one attached hydrogen (secondary N) is 1. The molecule has 1 aliphatic rings. The molecule has 0 saturated carbocycles. The van der Waals surface area contributed by atoms with Crippen LogP contribution in [0.3, 0.4) is 0 Å². The second-order valence-electron chi connectivity index (χ2n) is 4.82. The molecule has 1 aliphatic heterocycles. The van der Waals surface area contributed by atoms with Crippen molar-refractivity contribution in [3.05, 3.63) is 41.8 Å². The van der Waals surface area contributed by atoms with E-state index in [4.69, 9.17) is 0 Å². The molecule has 20 heavy (non-hydrogen) atoms. The molecule has 5 nitrogen and oxygen atoms in total. The van der Waals surface area contributed by atoms with E-state index in [9.17, 15) is 4.39 Å². The molecule has 1 saturated heterocycles. The van der Waals surface area contributed by atoms with Gasteiger partial charge in [-0.2, -0.15) is 10.1 Å². The zero-order valence-electron chi connectivity index (χ0n) is 11.1. The zero-order chi connectivity index (χ0) is 13.8. The molecule has 0 radical (unpaired) electrons. The van der Waals surface area contributed by atoms with Crippen LogP contribution in [0.1, 0.15) is 18.4 Å². The Labute approximate surface area is 116 Å². The lowest BCUT2D eigenvalue weighted by Crippen LogP contribution is -2.21. The van der Waals surface area contributed by atoms with Gasteiger partial charge in [0.2, 0.25) is 5.95 Å². The lowest BCUT2D eigenvalue weighted by Gasteiger charge is -2.14. The molecule has 0 aliphatic carbocycles. The highest BCUT2D eigenvalue weighted by atomic mass is 19.1. The van der Waals surface area contributed by atoms with E-state index >= 15 is 0 Å². The first-order chi connectivity index (χ1) is 9.81. The fourth-order valence-electron chi connectivity index (χ4n) is 2.23. The summed E-state index contributed by atoms with van der Waals surface area (Å²) in [5.74, 6) is 1.13. The molecule has 0 spiro atoms. The number of anilines is 2. The lowest BCUT2D eigenvalue weighted by atomic mass is 10.2. The maximum atomic E-state index is 12.8. The second-order valence-corrected chi connectivity index (χ2v) is 4.82. The minimum Gasteiger partial charge on any atom is -0.365 e. The topological polar surface area (TPSA) is 53.9 Å². The minimum atomic E-state index is -0.228. The summed E-state index contributed by atoms with van der Waals surface area (Å²) in [7, 11) is 0. The molecule has 0 bridgehead atoms. The molecule has 1 fully saturated rings. The summed E-state index contributed by atoms with van der Waals surface area (Å²) in [6.45, 7) is 2.56. The van der Waals surface area contributed by atoms with E-state index in [2.05, 4.69) is 25.4 Å². The van der Waals surface area contributed by atoms with Gasteiger partial charge in [0.05, 0.1) is 6.20 Å². The van der Waals surface area contributed by atoms with Crippen LogP contribution in [0.5, 0.6) is 0 Å². The first-order valence-corrected chi connectivity index (χ1v) is 6.74. The molecule has 1 N–H and O–H groups in total. The van der Waals surface area contributed by atoms with Crippen molar-refractivity contribution in [3.8, 4) is 0 Å². The van der Waals surface area contributed by atoms with E-state index < -0.39 is 0 Å². The second kappa shape index (κ2) is 5.81. The van der Waals surface area contributed by atoms with Crippen molar-refractivity contribution in [3.63, 3.8) is 0 Å². The van der Waals surface area contributed by atoms with Crippen LogP contribution in [0.2, 0.25) is 0 Å². The fourth-order valence-corrected chi connectivity index (χ4v) is 2.23. The number of hydrogen-bond acceptors (Lipinski definition) is 5. The largest absolute Gasteiger partial charge is 0.365 e. The van der Waals surface area contributed by atoms with Crippen LogP contribution in [-0.2, 0) is 6.54 Å². The SMILES string of the molecule is Fc1ccc(CNc2cnnc(N3CCCC3)n2)cc1. The van der Waals surface area contributed by atoms with Gasteiger partial charge in [0.15, 0.2) is 5.82 Å². The number of hydrogen-bond donors (Lipinski definition) is 1. The third-order valence-corrected chi connectivity index (χ3v) is 3.32. The third kappa shape index (κ3) is 3.01. The molecule has 3 rings (SSSR count). The zero-order valence-corrected chi connectivity index (χ0v) is 11.1. The quantitative estimate of drug-likeness (QED) is 0.925. The Hall–Kier alpha value is -2.24. The molecule has 6 heteroatoms. The van der Waals surface area contributed by atoms with E-state index in [-0.39, 0.29) is 5.82 Å².